The van der Waals surface area contributed by atoms with Crippen LogP contribution in [-0.2, 0) is 30.6 Å². The largest absolute Gasteiger partial charge is 0.493 e. The molecule has 0 radical (unpaired) electrons. The number of para-hydroxylation sites is 3. The number of hydrogen-bond acceptors (Lipinski definition) is 3. The number of carbonyl (C=O) groups excluding carboxylic acids is 1. The number of unbranched alkanes of at least 4 members (excludes halogenated alkanes) is 2. The minimum absolute atomic E-state index is 0.0930. The summed E-state index contributed by atoms with van der Waals surface area (Å²) in [7, 11) is 0. The van der Waals surface area contributed by atoms with Crippen LogP contribution in [0.15, 0.2) is 85.5 Å². The van der Waals surface area contributed by atoms with Crippen molar-refractivity contribution in [1.82, 2.24) is 14.9 Å². The molecule has 3 aromatic carbocycles. The van der Waals surface area contributed by atoms with Crippen LogP contribution in [0.5, 0.6) is 5.75 Å². The molecule has 0 bridgehead atoms. The Morgan fingerprint density at radius 2 is 1.71 bits per heavy atom. The van der Waals surface area contributed by atoms with E-state index in [1.165, 1.54) is 11.1 Å². The quantitative estimate of drug-likeness (QED) is 0.145. The summed E-state index contributed by atoms with van der Waals surface area (Å²) >= 11 is 0. The molecule has 0 aliphatic carbocycles. The van der Waals surface area contributed by atoms with Crippen LogP contribution < -0.4 is 10.1 Å². The Morgan fingerprint density at radius 3 is 2.55 bits per heavy atom. The Labute approximate surface area is 226 Å². The van der Waals surface area contributed by atoms with Gasteiger partial charge in [0, 0.05) is 19.5 Å². The zero-order chi connectivity index (χ0) is 26.6. The molecule has 0 unspecified atom stereocenters. The topological polar surface area (TPSA) is 56.1 Å². The third kappa shape index (κ3) is 7.58. The van der Waals surface area contributed by atoms with E-state index in [-0.39, 0.29) is 5.91 Å². The molecular weight excluding hydrogens is 470 g/mol. The van der Waals surface area contributed by atoms with Crippen molar-refractivity contribution in [2.24, 2.45) is 0 Å². The van der Waals surface area contributed by atoms with E-state index in [9.17, 15) is 4.79 Å². The van der Waals surface area contributed by atoms with E-state index in [0.29, 0.717) is 19.6 Å². The van der Waals surface area contributed by atoms with E-state index in [0.717, 1.165) is 73.3 Å². The molecule has 38 heavy (non-hydrogen) atoms. The zero-order valence-electron chi connectivity index (χ0n) is 22.5. The lowest BCUT2D eigenvalue weighted by Crippen LogP contribution is -2.26. The molecule has 1 N–H and O–H groups in total. The number of aromatic nitrogens is 2. The standard InChI is InChI=1S/C33H39N3O2/c1-3-14-27-16-8-11-20-31(27)38-24-13-23-36-30-19-10-9-18-29(30)35-32(36)21-5-4-12-22-34-33(37)25-28-17-7-6-15-26(28)2/h3,6-11,15-20H,1,4-5,12-14,21-25H2,2H3,(H,34,37). The molecule has 0 saturated heterocycles. The monoisotopic (exact) mass is 509 g/mol. The Morgan fingerprint density at radius 1 is 0.947 bits per heavy atom. The number of allylic oxidation sites excluding steroid dienone is 1. The number of fused-ring (bicyclic) bond motifs is 1. The summed E-state index contributed by atoms with van der Waals surface area (Å²) in [4.78, 5) is 17.2. The van der Waals surface area contributed by atoms with E-state index < -0.39 is 0 Å². The molecule has 198 valence electrons. The molecule has 0 fully saturated rings. The third-order valence-corrected chi connectivity index (χ3v) is 6.87. The highest BCUT2D eigenvalue weighted by Gasteiger charge is 2.11. The fraction of sp³-hybridized carbons (Fsp3) is 0.333. The Bertz CT molecular complexity index is 1340. The Balaban J connectivity index is 1.23. The van der Waals surface area contributed by atoms with Gasteiger partial charge >= 0.3 is 0 Å². The van der Waals surface area contributed by atoms with Crippen LogP contribution in [0.1, 0.15) is 48.2 Å². The van der Waals surface area contributed by atoms with Crippen LogP contribution >= 0.6 is 0 Å². The average molecular weight is 510 g/mol. The lowest BCUT2D eigenvalue weighted by Gasteiger charge is -2.12. The summed E-state index contributed by atoms with van der Waals surface area (Å²) in [5, 5.41) is 3.07. The van der Waals surface area contributed by atoms with Crippen LogP contribution in [0.3, 0.4) is 0 Å². The van der Waals surface area contributed by atoms with Crippen molar-refractivity contribution in [1.29, 1.82) is 0 Å². The van der Waals surface area contributed by atoms with Crippen molar-refractivity contribution in [2.45, 2.75) is 58.4 Å². The number of carbonyl (C=O) groups is 1. The first-order chi connectivity index (χ1) is 18.7. The maximum absolute atomic E-state index is 12.3. The first-order valence-corrected chi connectivity index (χ1v) is 13.7. The van der Waals surface area contributed by atoms with Crippen LogP contribution in [0.4, 0.5) is 0 Å². The van der Waals surface area contributed by atoms with Crippen LogP contribution in [0.25, 0.3) is 11.0 Å². The minimum Gasteiger partial charge on any atom is -0.493 e. The zero-order valence-corrected chi connectivity index (χ0v) is 22.5. The van der Waals surface area contributed by atoms with Gasteiger partial charge in [-0.3, -0.25) is 4.79 Å². The third-order valence-electron chi connectivity index (χ3n) is 6.87. The number of hydrogen-bond donors (Lipinski definition) is 1. The summed E-state index contributed by atoms with van der Waals surface area (Å²) in [6.07, 6.45) is 8.06. The molecule has 0 atom stereocenters. The van der Waals surface area contributed by atoms with Gasteiger partial charge in [-0.1, -0.05) is 67.1 Å². The van der Waals surface area contributed by atoms with Crippen LogP contribution in [0, 0.1) is 6.92 Å². The normalized spacial score (nSPS) is 11.0. The highest BCUT2D eigenvalue weighted by Crippen LogP contribution is 2.21. The Kier molecular flexibility index (Phi) is 10.1. The molecular formula is C33H39N3O2. The second kappa shape index (κ2) is 14.2. The first kappa shape index (κ1) is 27.2. The number of aryl methyl sites for hydroxylation is 3. The molecule has 0 aliphatic heterocycles. The van der Waals surface area contributed by atoms with Crippen LogP contribution in [0.2, 0.25) is 0 Å². The van der Waals surface area contributed by atoms with Gasteiger partial charge in [0.25, 0.3) is 0 Å². The maximum Gasteiger partial charge on any atom is 0.224 e. The van der Waals surface area contributed by atoms with E-state index in [1.54, 1.807) is 0 Å². The number of nitrogens with zero attached hydrogens (tertiary/aromatic N) is 2. The van der Waals surface area contributed by atoms with Crippen LogP contribution in [-0.4, -0.2) is 28.6 Å². The molecule has 5 nitrogen and oxygen atoms in total. The van der Waals surface area contributed by atoms with Gasteiger partial charge in [0.05, 0.1) is 24.1 Å². The minimum atomic E-state index is 0.0930. The Hall–Kier alpha value is -3.86. The fourth-order valence-electron chi connectivity index (χ4n) is 4.80. The SMILES string of the molecule is C=CCc1ccccc1OCCCn1c(CCCCCNC(=O)Cc2ccccc2C)nc2ccccc21. The number of benzene rings is 3. The van der Waals surface area contributed by atoms with Crippen molar-refractivity contribution in [3.8, 4) is 5.75 Å². The second-order valence-corrected chi connectivity index (χ2v) is 9.73. The van der Waals surface area contributed by atoms with Gasteiger partial charge in [-0.25, -0.2) is 4.98 Å². The number of imidazole rings is 1. The molecule has 1 aromatic heterocycles. The lowest BCUT2D eigenvalue weighted by atomic mass is 10.1. The molecule has 4 rings (SSSR count). The van der Waals surface area contributed by atoms with Crippen molar-refractivity contribution < 1.29 is 9.53 Å². The molecule has 0 saturated carbocycles. The molecule has 0 spiro atoms. The number of nitrogens with one attached hydrogen (secondary N) is 1. The second-order valence-electron chi connectivity index (χ2n) is 9.73. The highest BCUT2D eigenvalue weighted by molar-refractivity contribution is 5.78. The molecule has 5 heteroatoms. The molecule has 0 aliphatic rings. The van der Waals surface area contributed by atoms with Gasteiger partial charge in [0.2, 0.25) is 5.91 Å². The smallest absolute Gasteiger partial charge is 0.224 e. The van der Waals surface area contributed by atoms with E-state index in [4.69, 9.17) is 9.72 Å². The maximum atomic E-state index is 12.3. The molecule has 1 heterocycles. The van der Waals surface area contributed by atoms with Crippen molar-refractivity contribution in [2.75, 3.05) is 13.2 Å². The number of ether oxygens (including phenoxy) is 1. The summed E-state index contributed by atoms with van der Waals surface area (Å²) in [5.74, 6) is 2.16. The van der Waals surface area contributed by atoms with Gasteiger partial charge in [-0.05, 0) is 67.5 Å². The number of amides is 1. The summed E-state index contributed by atoms with van der Waals surface area (Å²) in [6, 6.07) is 24.6. The molecule has 4 aromatic rings. The van der Waals surface area contributed by atoms with E-state index in [1.807, 2.05) is 61.5 Å². The summed E-state index contributed by atoms with van der Waals surface area (Å²) < 4.78 is 8.46. The van der Waals surface area contributed by atoms with Crippen molar-refractivity contribution in [3.05, 3.63) is 108 Å². The average Bonchev–Trinajstić information content (AvgIpc) is 3.28. The van der Waals surface area contributed by atoms with E-state index >= 15 is 0 Å². The van der Waals surface area contributed by atoms with E-state index in [2.05, 4.69) is 40.7 Å². The van der Waals surface area contributed by atoms with Gasteiger partial charge in [-0.2, -0.15) is 0 Å². The first-order valence-electron chi connectivity index (χ1n) is 13.7. The van der Waals surface area contributed by atoms with Gasteiger partial charge in [-0.15, -0.1) is 6.58 Å². The summed E-state index contributed by atoms with van der Waals surface area (Å²) in [5.41, 5.74) is 5.65. The van der Waals surface area contributed by atoms with Gasteiger partial charge in [0.1, 0.15) is 11.6 Å². The van der Waals surface area contributed by atoms with Gasteiger partial charge < -0.3 is 14.6 Å². The summed E-state index contributed by atoms with van der Waals surface area (Å²) in [6.45, 7) is 8.13. The predicted octanol–water partition coefficient (Wildman–Crippen LogP) is 6.61. The van der Waals surface area contributed by atoms with Gasteiger partial charge in [0.15, 0.2) is 0 Å². The number of rotatable bonds is 15. The highest BCUT2D eigenvalue weighted by atomic mass is 16.5. The molecule has 1 amide bonds. The fourth-order valence-corrected chi connectivity index (χ4v) is 4.80. The van der Waals surface area contributed by atoms with Crippen molar-refractivity contribution >= 4 is 16.9 Å². The van der Waals surface area contributed by atoms with Crippen molar-refractivity contribution in [3.63, 3.8) is 0 Å². The predicted molar refractivity (Wildman–Crippen MR) is 156 cm³/mol. The lowest BCUT2D eigenvalue weighted by molar-refractivity contribution is -0.120.